The van der Waals surface area contributed by atoms with Crippen molar-refractivity contribution in [3.8, 4) is 0 Å². The molecule has 0 amide bonds. The van der Waals surface area contributed by atoms with Crippen LogP contribution in [-0.2, 0) is 4.74 Å². The number of anilines is 1. The van der Waals surface area contributed by atoms with Crippen LogP contribution in [0.25, 0.3) is 0 Å². The molecule has 1 atom stereocenters. The Hall–Kier alpha value is -0.810. The lowest BCUT2D eigenvalue weighted by Gasteiger charge is -2.13. The second kappa shape index (κ2) is 6.95. The second-order valence-electron chi connectivity index (χ2n) is 4.65. The lowest BCUT2D eigenvalue weighted by Crippen LogP contribution is -2.15. The zero-order valence-electron chi connectivity index (χ0n) is 11.1. The van der Waals surface area contributed by atoms with Gasteiger partial charge in [-0.2, -0.15) is 0 Å². The van der Waals surface area contributed by atoms with Crippen LogP contribution >= 0.6 is 22.9 Å². The number of nitrogens with one attached hydrogen (secondary N) is 1. The number of esters is 1. The molecule has 1 rings (SSSR count). The van der Waals surface area contributed by atoms with Crippen LogP contribution in [0, 0.1) is 5.92 Å². The third-order valence-corrected chi connectivity index (χ3v) is 3.86. The molecular weight excluding hydrogens is 272 g/mol. The Balaban J connectivity index is 2.60. The summed E-state index contributed by atoms with van der Waals surface area (Å²) < 4.78 is 4.63. The minimum Gasteiger partial charge on any atom is -0.465 e. The molecule has 18 heavy (non-hydrogen) atoms. The number of hydrogen-bond donors (Lipinski definition) is 1. The van der Waals surface area contributed by atoms with Gasteiger partial charge in [-0.15, -0.1) is 0 Å². The Morgan fingerprint density at radius 1 is 1.44 bits per heavy atom. The lowest BCUT2D eigenvalue weighted by molar-refractivity contribution is 0.0606. The molecule has 102 valence electrons. The molecule has 0 aliphatic rings. The fraction of sp³-hybridized carbons (Fsp3) is 0.667. The first-order chi connectivity index (χ1) is 8.43. The van der Waals surface area contributed by atoms with Crippen molar-refractivity contribution in [2.24, 2.45) is 5.92 Å². The Morgan fingerprint density at radius 2 is 2.11 bits per heavy atom. The standard InChI is InChI=1S/C12H19ClN2O2S/c1-7(2)5-6-8(3)14-12-15-10(13)9(18-12)11(16)17-4/h7-8H,5-6H2,1-4H3,(H,14,15). The Labute approximate surface area is 117 Å². The van der Waals surface area contributed by atoms with Gasteiger partial charge in [0, 0.05) is 6.04 Å². The number of hydrogen-bond acceptors (Lipinski definition) is 5. The van der Waals surface area contributed by atoms with Crippen molar-refractivity contribution in [1.82, 2.24) is 4.98 Å². The van der Waals surface area contributed by atoms with Crippen molar-refractivity contribution in [1.29, 1.82) is 0 Å². The van der Waals surface area contributed by atoms with Gasteiger partial charge in [0.2, 0.25) is 0 Å². The zero-order chi connectivity index (χ0) is 13.7. The fourth-order valence-corrected chi connectivity index (χ4v) is 2.66. The van der Waals surface area contributed by atoms with Crippen molar-refractivity contribution >= 4 is 34.0 Å². The summed E-state index contributed by atoms with van der Waals surface area (Å²) in [5.74, 6) is 0.236. The number of halogens is 1. The molecule has 4 nitrogen and oxygen atoms in total. The van der Waals surface area contributed by atoms with Gasteiger partial charge in [-0.25, -0.2) is 9.78 Å². The van der Waals surface area contributed by atoms with Crippen LogP contribution < -0.4 is 5.32 Å². The van der Waals surface area contributed by atoms with E-state index in [0.29, 0.717) is 22.0 Å². The summed E-state index contributed by atoms with van der Waals surface area (Å²) in [7, 11) is 1.33. The number of carbonyl (C=O) groups is 1. The molecule has 0 radical (unpaired) electrons. The number of methoxy groups -OCH3 is 1. The molecule has 1 aromatic heterocycles. The van der Waals surface area contributed by atoms with Crippen LogP contribution in [0.2, 0.25) is 5.15 Å². The van der Waals surface area contributed by atoms with Crippen LogP contribution in [0.15, 0.2) is 0 Å². The molecule has 0 fully saturated rings. The van der Waals surface area contributed by atoms with Crippen molar-refractivity contribution in [2.45, 2.75) is 39.7 Å². The van der Waals surface area contributed by atoms with Gasteiger partial charge in [0.1, 0.15) is 0 Å². The average Bonchev–Trinajstić information content (AvgIpc) is 2.66. The van der Waals surface area contributed by atoms with Gasteiger partial charge in [0.05, 0.1) is 7.11 Å². The van der Waals surface area contributed by atoms with Crippen molar-refractivity contribution < 1.29 is 9.53 Å². The van der Waals surface area contributed by atoms with E-state index in [1.54, 1.807) is 0 Å². The lowest BCUT2D eigenvalue weighted by atomic mass is 10.0. The third-order valence-electron chi connectivity index (χ3n) is 2.50. The minimum absolute atomic E-state index is 0.199. The molecule has 0 spiro atoms. The van der Waals surface area contributed by atoms with E-state index in [2.05, 4.69) is 35.8 Å². The SMILES string of the molecule is COC(=O)c1sc(NC(C)CCC(C)C)nc1Cl. The van der Waals surface area contributed by atoms with Crippen LogP contribution in [-0.4, -0.2) is 24.1 Å². The maximum absolute atomic E-state index is 11.4. The van der Waals surface area contributed by atoms with Gasteiger partial charge in [0.15, 0.2) is 15.2 Å². The molecule has 1 unspecified atom stereocenters. The number of ether oxygens (including phenoxy) is 1. The molecule has 0 aliphatic carbocycles. The smallest absolute Gasteiger partial charge is 0.351 e. The number of aromatic nitrogens is 1. The van der Waals surface area contributed by atoms with E-state index in [-0.39, 0.29) is 5.15 Å². The normalized spacial score (nSPS) is 12.6. The van der Waals surface area contributed by atoms with Crippen molar-refractivity contribution in [3.63, 3.8) is 0 Å². The summed E-state index contributed by atoms with van der Waals surface area (Å²) in [5.41, 5.74) is 0. The van der Waals surface area contributed by atoms with E-state index in [4.69, 9.17) is 11.6 Å². The highest BCUT2D eigenvalue weighted by Crippen LogP contribution is 2.28. The summed E-state index contributed by atoms with van der Waals surface area (Å²) in [6.45, 7) is 6.49. The largest absolute Gasteiger partial charge is 0.465 e. The first-order valence-electron chi connectivity index (χ1n) is 5.95. The predicted molar refractivity (Wildman–Crippen MR) is 75.6 cm³/mol. The second-order valence-corrected chi connectivity index (χ2v) is 6.00. The summed E-state index contributed by atoms with van der Waals surface area (Å²) in [4.78, 5) is 15.8. The maximum atomic E-state index is 11.4. The fourth-order valence-electron chi connectivity index (χ4n) is 1.45. The molecular formula is C12H19ClN2O2S. The topological polar surface area (TPSA) is 51.2 Å². The van der Waals surface area contributed by atoms with Crippen molar-refractivity contribution in [3.05, 3.63) is 10.0 Å². The van der Waals surface area contributed by atoms with Crippen LogP contribution in [0.3, 0.4) is 0 Å². The zero-order valence-corrected chi connectivity index (χ0v) is 12.7. The highest BCUT2D eigenvalue weighted by molar-refractivity contribution is 7.18. The summed E-state index contributed by atoms with van der Waals surface area (Å²) in [6.07, 6.45) is 2.21. The predicted octanol–water partition coefficient (Wildman–Crippen LogP) is 3.82. The maximum Gasteiger partial charge on any atom is 0.351 e. The molecule has 1 aromatic rings. The number of rotatable bonds is 6. The van der Waals surface area contributed by atoms with E-state index in [9.17, 15) is 4.79 Å². The Morgan fingerprint density at radius 3 is 2.67 bits per heavy atom. The highest BCUT2D eigenvalue weighted by Gasteiger charge is 2.18. The molecule has 1 heterocycles. The molecule has 0 saturated heterocycles. The van der Waals surface area contributed by atoms with E-state index in [1.165, 1.54) is 18.4 Å². The Kier molecular flexibility index (Phi) is 5.88. The minimum atomic E-state index is -0.444. The monoisotopic (exact) mass is 290 g/mol. The quantitative estimate of drug-likeness (QED) is 0.809. The van der Waals surface area contributed by atoms with E-state index >= 15 is 0 Å². The molecule has 6 heteroatoms. The molecule has 1 N–H and O–H groups in total. The van der Waals surface area contributed by atoms with Gasteiger partial charge in [0.25, 0.3) is 0 Å². The van der Waals surface area contributed by atoms with Gasteiger partial charge in [-0.1, -0.05) is 36.8 Å². The first-order valence-corrected chi connectivity index (χ1v) is 7.14. The average molecular weight is 291 g/mol. The number of nitrogens with zero attached hydrogens (tertiary/aromatic N) is 1. The van der Waals surface area contributed by atoms with E-state index in [0.717, 1.165) is 12.8 Å². The van der Waals surface area contributed by atoms with Gasteiger partial charge in [-0.3, -0.25) is 0 Å². The summed E-state index contributed by atoms with van der Waals surface area (Å²) in [5, 5.41) is 4.12. The van der Waals surface area contributed by atoms with E-state index < -0.39 is 5.97 Å². The molecule has 0 aromatic carbocycles. The molecule has 0 saturated carbocycles. The summed E-state index contributed by atoms with van der Waals surface area (Å²) in [6, 6.07) is 0.306. The van der Waals surface area contributed by atoms with Crippen molar-refractivity contribution in [2.75, 3.05) is 12.4 Å². The van der Waals surface area contributed by atoms with Crippen LogP contribution in [0.4, 0.5) is 5.13 Å². The van der Waals surface area contributed by atoms with Crippen LogP contribution in [0.5, 0.6) is 0 Å². The molecule has 0 aliphatic heterocycles. The highest BCUT2D eigenvalue weighted by atomic mass is 35.5. The summed E-state index contributed by atoms with van der Waals surface area (Å²) >= 11 is 7.11. The number of carbonyl (C=O) groups excluding carboxylic acids is 1. The first kappa shape index (κ1) is 15.2. The molecule has 0 bridgehead atoms. The third kappa shape index (κ3) is 4.46. The number of thiazole rings is 1. The van der Waals surface area contributed by atoms with Gasteiger partial charge < -0.3 is 10.1 Å². The van der Waals surface area contributed by atoms with E-state index in [1.807, 2.05) is 0 Å². The van der Waals surface area contributed by atoms with Gasteiger partial charge in [-0.05, 0) is 25.7 Å². The van der Waals surface area contributed by atoms with Crippen LogP contribution in [0.1, 0.15) is 43.3 Å². The van der Waals surface area contributed by atoms with Gasteiger partial charge >= 0.3 is 5.97 Å². The Bertz CT molecular complexity index is 407.